The van der Waals surface area contributed by atoms with Gasteiger partial charge in [-0.2, -0.15) is 0 Å². The van der Waals surface area contributed by atoms with E-state index in [0.29, 0.717) is 17.9 Å². The lowest BCUT2D eigenvalue weighted by molar-refractivity contribution is -0.122. The van der Waals surface area contributed by atoms with Crippen LogP contribution in [0.3, 0.4) is 0 Å². The van der Waals surface area contributed by atoms with Crippen molar-refractivity contribution in [3.8, 4) is 5.75 Å². The standard InChI is InChI=1S/C28H24ClNO2/c1-30-27-13-10-23(29)17-26(27)25(20-8-11-24(31)12-9-20)16-22(28(30)32)15-18-6-7-19-4-2-3-5-21(19)14-18/h2-14,17,22,25,31H,15-16H2,1H3. The predicted octanol–water partition coefficient (Wildman–Crippen LogP) is 6.56. The lowest BCUT2D eigenvalue weighted by Crippen LogP contribution is -2.32. The molecular formula is C28H24ClNO2. The van der Waals surface area contributed by atoms with Crippen molar-refractivity contribution in [1.29, 1.82) is 0 Å². The van der Waals surface area contributed by atoms with Crippen molar-refractivity contribution in [2.45, 2.75) is 18.8 Å². The highest BCUT2D eigenvalue weighted by Crippen LogP contribution is 2.42. The number of fused-ring (bicyclic) bond motifs is 2. The van der Waals surface area contributed by atoms with Crippen LogP contribution in [0.1, 0.15) is 29.0 Å². The third-order valence-electron chi connectivity index (χ3n) is 6.52. The maximum atomic E-state index is 13.5. The van der Waals surface area contributed by atoms with Gasteiger partial charge in [-0.25, -0.2) is 0 Å². The Labute approximate surface area is 192 Å². The van der Waals surface area contributed by atoms with Crippen molar-refractivity contribution >= 4 is 34.0 Å². The molecule has 0 saturated heterocycles. The second kappa shape index (κ2) is 8.33. The second-order valence-electron chi connectivity index (χ2n) is 8.56. The molecule has 160 valence electrons. The van der Waals surface area contributed by atoms with Gasteiger partial charge in [0.1, 0.15) is 5.75 Å². The summed E-state index contributed by atoms with van der Waals surface area (Å²) in [5, 5.41) is 12.8. The smallest absolute Gasteiger partial charge is 0.230 e. The Bertz CT molecular complexity index is 1300. The van der Waals surface area contributed by atoms with Gasteiger partial charge in [0.2, 0.25) is 5.91 Å². The van der Waals surface area contributed by atoms with E-state index in [-0.39, 0.29) is 23.5 Å². The molecule has 0 aromatic heterocycles. The van der Waals surface area contributed by atoms with Crippen molar-refractivity contribution in [3.63, 3.8) is 0 Å². The van der Waals surface area contributed by atoms with Crippen LogP contribution >= 0.6 is 11.6 Å². The fourth-order valence-electron chi connectivity index (χ4n) is 4.86. The number of hydrogen-bond acceptors (Lipinski definition) is 2. The number of rotatable bonds is 3. The van der Waals surface area contributed by atoms with Crippen LogP contribution in [0, 0.1) is 5.92 Å². The summed E-state index contributed by atoms with van der Waals surface area (Å²) in [6.45, 7) is 0. The van der Waals surface area contributed by atoms with E-state index in [1.165, 1.54) is 10.8 Å². The number of carbonyl (C=O) groups is 1. The summed E-state index contributed by atoms with van der Waals surface area (Å²) in [7, 11) is 1.85. The number of aromatic hydroxyl groups is 1. The molecule has 5 rings (SSSR count). The number of phenols is 1. The van der Waals surface area contributed by atoms with Gasteiger partial charge in [-0.05, 0) is 70.6 Å². The van der Waals surface area contributed by atoms with Crippen molar-refractivity contribution in [2.24, 2.45) is 5.92 Å². The first-order valence-electron chi connectivity index (χ1n) is 10.8. The molecule has 0 bridgehead atoms. The zero-order chi connectivity index (χ0) is 22.2. The molecule has 2 atom stereocenters. The van der Waals surface area contributed by atoms with E-state index in [1.54, 1.807) is 17.0 Å². The summed E-state index contributed by atoms with van der Waals surface area (Å²) >= 11 is 6.37. The summed E-state index contributed by atoms with van der Waals surface area (Å²) in [5.74, 6) is 0.174. The molecule has 0 saturated carbocycles. The Morgan fingerprint density at radius 3 is 2.47 bits per heavy atom. The van der Waals surface area contributed by atoms with E-state index in [9.17, 15) is 9.90 Å². The van der Waals surface area contributed by atoms with Gasteiger partial charge < -0.3 is 10.0 Å². The Balaban J connectivity index is 1.56. The van der Waals surface area contributed by atoms with Crippen LogP contribution in [-0.2, 0) is 11.2 Å². The molecule has 1 aliphatic rings. The molecule has 1 N–H and O–H groups in total. The lowest BCUT2D eigenvalue weighted by Gasteiger charge is -2.21. The number of hydrogen-bond donors (Lipinski definition) is 1. The zero-order valence-electron chi connectivity index (χ0n) is 17.8. The fraction of sp³-hybridized carbons (Fsp3) is 0.179. The molecule has 0 radical (unpaired) electrons. The number of nitrogens with zero attached hydrogens (tertiary/aromatic N) is 1. The minimum Gasteiger partial charge on any atom is -0.508 e. The molecule has 4 heteroatoms. The number of benzene rings is 4. The minimum absolute atomic E-state index is 0.00339. The van der Waals surface area contributed by atoms with Crippen LogP contribution < -0.4 is 4.90 Å². The van der Waals surface area contributed by atoms with Gasteiger partial charge in [0, 0.05) is 29.6 Å². The largest absolute Gasteiger partial charge is 0.508 e. The minimum atomic E-state index is -0.175. The molecule has 0 aliphatic carbocycles. The van der Waals surface area contributed by atoms with E-state index >= 15 is 0 Å². The number of carbonyl (C=O) groups excluding carboxylic acids is 1. The molecule has 0 spiro atoms. The van der Waals surface area contributed by atoms with E-state index in [4.69, 9.17) is 11.6 Å². The molecule has 1 heterocycles. The maximum absolute atomic E-state index is 13.5. The van der Waals surface area contributed by atoms with Crippen molar-refractivity contribution in [1.82, 2.24) is 0 Å². The highest BCUT2D eigenvalue weighted by atomic mass is 35.5. The Morgan fingerprint density at radius 2 is 1.69 bits per heavy atom. The van der Waals surface area contributed by atoms with Crippen LogP contribution in [0.5, 0.6) is 5.75 Å². The summed E-state index contributed by atoms with van der Waals surface area (Å²) < 4.78 is 0. The maximum Gasteiger partial charge on any atom is 0.230 e. The van der Waals surface area contributed by atoms with E-state index in [0.717, 1.165) is 22.4 Å². The monoisotopic (exact) mass is 441 g/mol. The first-order valence-corrected chi connectivity index (χ1v) is 11.2. The summed E-state index contributed by atoms with van der Waals surface area (Å²) in [5.41, 5.74) is 4.15. The average Bonchev–Trinajstić information content (AvgIpc) is 2.90. The van der Waals surface area contributed by atoms with Crippen LogP contribution in [0.25, 0.3) is 10.8 Å². The van der Waals surface area contributed by atoms with Crippen molar-refractivity contribution in [2.75, 3.05) is 11.9 Å². The molecule has 4 aromatic carbocycles. The zero-order valence-corrected chi connectivity index (χ0v) is 18.6. The Hall–Kier alpha value is -3.30. The van der Waals surface area contributed by atoms with Crippen LogP contribution in [0.15, 0.2) is 84.9 Å². The first kappa shape index (κ1) is 20.6. The van der Waals surface area contributed by atoms with E-state index in [2.05, 4.69) is 30.3 Å². The van der Waals surface area contributed by atoms with Crippen molar-refractivity contribution in [3.05, 3.63) is 107 Å². The van der Waals surface area contributed by atoms with Crippen molar-refractivity contribution < 1.29 is 9.90 Å². The van der Waals surface area contributed by atoms with Gasteiger partial charge in [0.05, 0.1) is 0 Å². The van der Waals surface area contributed by atoms with Gasteiger partial charge in [-0.15, -0.1) is 0 Å². The second-order valence-corrected chi connectivity index (χ2v) is 9.00. The number of anilines is 1. The Morgan fingerprint density at radius 1 is 0.938 bits per heavy atom. The molecule has 0 fully saturated rings. The lowest BCUT2D eigenvalue weighted by atomic mass is 9.82. The Kier molecular flexibility index (Phi) is 5.36. The van der Waals surface area contributed by atoms with Gasteiger partial charge in [-0.1, -0.05) is 66.2 Å². The predicted molar refractivity (Wildman–Crippen MR) is 131 cm³/mol. The first-order chi connectivity index (χ1) is 15.5. The molecule has 4 aromatic rings. The van der Waals surface area contributed by atoms with Crippen LogP contribution in [0.2, 0.25) is 5.02 Å². The highest BCUT2D eigenvalue weighted by Gasteiger charge is 2.34. The average molecular weight is 442 g/mol. The fourth-order valence-corrected chi connectivity index (χ4v) is 5.04. The summed E-state index contributed by atoms with van der Waals surface area (Å²) in [4.78, 5) is 15.3. The molecule has 3 nitrogen and oxygen atoms in total. The van der Waals surface area contributed by atoms with E-state index in [1.807, 2.05) is 49.5 Å². The summed E-state index contributed by atoms with van der Waals surface area (Å²) in [6.07, 6.45) is 1.35. The van der Waals surface area contributed by atoms with Gasteiger partial charge >= 0.3 is 0 Å². The normalized spacial score (nSPS) is 18.4. The number of amides is 1. The van der Waals surface area contributed by atoms with Crippen LogP contribution in [-0.4, -0.2) is 18.1 Å². The molecular weight excluding hydrogens is 418 g/mol. The summed E-state index contributed by atoms with van der Waals surface area (Å²) in [6, 6.07) is 27.7. The SMILES string of the molecule is CN1C(=O)C(Cc2ccc3ccccc3c2)CC(c2ccc(O)cc2)c2cc(Cl)ccc21. The van der Waals surface area contributed by atoms with Crippen LogP contribution in [0.4, 0.5) is 5.69 Å². The molecule has 1 aliphatic heterocycles. The quantitative estimate of drug-likeness (QED) is 0.391. The number of halogens is 1. The third-order valence-corrected chi connectivity index (χ3v) is 6.75. The highest BCUT2D eigenvalue weighted by molar-refractivity contribution is 6.30. The molecule has 2 unspecified atom stereocenters. The molecule has 32 heavy (non-hydrogen) atoms. The van der Waals surface area contributed by atoms with Gasteiger partial charge in [0.15, 0.2) is 0 Å². The van der Waals surface area contributed by atoms with Gasteiger partial charge in [0.25, 0.3) is 0 Å². The molecule has 1 amide bonds. The van der Waals surface area contributed by atoms with E-state index < -0.39 is 0 Å². The van der Waals surface area contributed by atoms with Gasteiger partial charge in [-0.3, -0.25) is 4.79 Å². The topological polar surface area (TPSA) is 40.5 Å². The third kappa shape index (κ3) is 3.85. The number of phenolic OH excluding ortho intramolecular Hbond substituents is 1.